The molecule has 2 unspecified atom stereocenters. The van der Waals surface area contributed by atoms with E-state index in [1.807, 2.05) is 0 Å². The molecule has 0 spiro atoms. The van der Waals surface area contributed by atoms with Gasteiger partial charge in [0.05, 0.1) is 31.8 Å². The van der Waals surface area contributed by atoms with Crippen molar-refractivity contribution < 1.29 is 68.6 Å². The molecule has 2 aromatic rings. The van der Waals surface area contributed by atoms with Gasteiger partial charge in [-0.1, -0.05) is 64.1 Å². The van der Waals surface area contributed by atoms with Gasteiger partial charge in [0.15, 0.2) is 6.29 Å². The molecule has 0 radical (unpaired) electrons. The minimum Gasteiger partial charge on any atom is -0.508 e. The summed E-state index contributed by atoms with van der Waals surface area (Å²) in [4.78, 5) is 92.8. The Balaban J connectivity index is 1.58. The Hall–Kier alpha value is -5.05. The molecule has 0 aliphatic carbocycles. The Bertz CT molecular complexity index is 1870. The van der Waals surface area contributed by atoms with Crippen molar-refractivity contribution in [2.24, 2.45) is 11.5 Å². The predicted molar refractivity (Wildman–Crippen MR) is 222 cm³/mol. The lowest BCUT2D eigenvalue weighted by molar-refractivity contribution is -0.311. The molecule has 2 saturated heterocycles. The van der Waals surface area contributed by atoms with Crippen LogP contribution in [0.15, 0.2) is 54.6 Å². The fourth-order valence-electron chi connectivity index (χ4n) is 6.13. The van der Waals surface area contributed by atoms with Crippen molar-refractivity contribution in [2.75, 3.05) is 31.2 Å². The zero-order valence-corrected chi connectivity index (χ0v) is 35.0. The van der Waals surface area contributed by atoms with Gasteiger partial charge in [-0.15, -0.1) is 0 Å². The molecule has 62 heavy (non-hydrogen) atoms. The average Bonchev–Trinajstić information content (AvgIpc) is 3.24. The molecule has 2 aromatic carbocycles. The summed E-state index contributed by atoms with van der Waals surface area (Å²) in [5.41, 5.74) is 12.6. The lowest BCUT2D eigenvalue weighted by Gasteiger charge is -2.41. The first kappa shape index (κ1) is 49.6. The summed E-state index contributed by atoms with van der Waals surface area (Å²) in [5, 5.41) is 65.2. The molecule has 0 bridgehead atoms. The molecule has 11 atom stereocenters. The van der Waals surface area contributed by atoms with Crippen LogP contribution in [0.4, 0.5) is 0 Å². The van der Waals surface area contributed by atoms with Crippen LogP contribution < -0.4 is 43.4 Å². The van der Waals surface area contributed by atoms with E-state index in [0.717, 1.165) is 21.6 Å². The first-order valence-electron chi connectivity index (χ1n) is 19.3. The fourth-order valence-corrected chi connectivity index (χ4v) is 8.45. The number of rotatable bonds is 15. The van der Waals surface area contributed by atoms with E-state index in [2.05, 4.69) is 31.9 Å². The van der Waals surface area contributed by atoms with Gasteiger partial charge < -0.3 is 78.4 Å². The molecule has 0 aromatic heterocycles. The fraction of sp³-hybridized carbons (Fsp3) is 0.500. The highest BCUT2D eigenvalue weighted by atomic mass is 33.1. The number of aromatic hydroxyl groups is 1. The number of carbonyl (C=O) groups is 7. The Kier molecular flexibility index (Phi) is 19.2. The van der Waals surface area contributed by atoms with Gasteiger partial charge in [0, 0.05) is 17.9 Å². The van der Waals surface area contributed by atoms with Gasteiger partial charge >= 0.3 is 0 Å². The summed E-state index contributed by atoms with van der Waals surface area (Å²) in [6, 6.07) is 7.80. The molecule has 15 N–H and O–H groups in total. The maximum absolute atomic E-state index is 14.1. The molecule has 4 rings (SSSR count). The van der Waals surface area contributed by atoms with Crippen LogP contribution >= 0.6 is 21.6 Å². The second kappa shape index (κ2) is 24.0. The van der Waals surface area contributed by atoms with E-state index in [4.69, 9.17) is 20.9 Å². The van der Waals surface area contributed by atoms with Crippen molar-refractivity contribution in [3.8, 4) is 5.75 Å². The van der Waals surface area contributed by atoms with Gasteiger partial charge in [-0.3, -0.25) is 33.6 Å². The molecule has 2 fully saturated rings. The molecule has 22 nitrogen and oxygen atoms in total. The van der Waals surface area contributed by atoms with Crippen LogP contribution in [-0.2, 0) is 55.9 Å². The molecule has 0 saturated carbocycles. The molecule has 2 aliphatic rings. The van der Waals surface area contributed by atoms with E-state index in [1.54, 1.807) is 42.5 Å². The van der Waals surface area contributed by atoms with Crippen molar-refractivity contribution in [1.29, 1.82) is 0 Å². The second-order valence-corrected chi connectivity index (χ2v) is 17.0. The minimum absolute atomic E-state index is 0.0216. The summed E-state index contributed by atoms with van der Waals surface area (Å²) in [6.45, 7) is -0.778. The second-order valence-electron chi connectivity index (χ2n) is 14.4. The quantitative estimate of drug-likeness (QED) is 0.0743. The largest absolute Gasteiger partial charge is 0.508 e. The minimum atomic E-state index is -1.88. The zero-order chi connectivity index (χ0) is 45.5. The van der Waals surface area contributed by atoms with E-state index in [1.165, 1.54) is 19.1 Å². The van der Waals surface area contributed by atoms with E-state index < -0.39 is 128 Å². The average molecular weight is 909 g/mol. The number of phenolic OH excluding ortho intramolecular Hbond substituents is 1. The number of nitrogens with one attached hydrogen (secondary N) is 6. The van der Waals surface area contributed by atoms with Crippen LogP contribution in [0.2, 0.25) is 0 Å². The third-order valence-electron chi connectivity index (χ3n) is 9.59. The third-order valence-corrected chi connectivity index (χ3v) is 12.0. The summed E-state index contributed by atoms with van der Waals surface area (Å²) in [6.07, 6.45) is -9.97. The molecule has 2 aliphatic heterocycles. The van der Waals surface area contributed by atoms with Crippen molar-refractivity contribution in [1.82, 2.24) is 31.9 Å². The summed E-state index contributed by atoms with van der Waals surface area (Å²) >= 11 is 0. The highest BCUT2D eigenvalue weighted by Gasteiger charge is 2.46. The van der Waals surface area contributed by atoms with Crippen LogP contribution in [0.5, 0.6) is 5.75 Å². The van der Waals surface area contributed by atoms with Crippen LogP contribution in [0.1, 0.15) is 18.1 Å². The van der Waals surface area contributed by atoms with Crippen LogP contribution in [0.3, 0.4) is 0 Å². The topological polar surface area (TPSA) is 363 Å². The molecule has 7 amide bonds. The van der Waals surface area contributed by atoms with Gasteiger partial charge in [0.2, 0.25) is 41.4 Å². The van der Waals surface area contributed by atoms with Crippen molar-refractivity contribution >= 4 is 62.9 Å². The Labute approximate surface area is 363 Å². The number of aliphatic hydroxyl groups is 4. The predicted octanol–water partition coefficient (Wildman–Crippen LogP) is -5.24. The van der Waals surface area contributed by atoms with Gasteiger partial charge in [-0.2, -0.15) is 0 Å². The van der Waals surface area contributed by atoms with E-state index >= 15 is 0 Å². The van der Waals surface area contributed by atoms with E-state index in [9.17, 15) is 59.1 Å². The summed E-state index contributed by atoms with van der Waals surface area (Å²) in [5.74, 6) is -6.28. The number of nitrogens with two attached hydrogens (primary N) is 2. The number of hydrogen-bond acceptors (Lipinski definition) is 17. The van der Waals surface area contributed by atoms with Gasteiger partial charge in [-0.05, 0) is 36.6 Å². The number of hydrogen-bond donors (Lipinski definition) is 13. The number of benzene rings is 2. The SMILES string of the molecule is C[C@H](O[C@@H]1O[C@H](CO)[C@@H](O)[C@H](O)[C@H]1O)[C@@H](NC(=O)C1CSSC[C@@H](NC(=O)[C@@H](N)Cc2ccc(O)cc2)C(=O)NCC(=O)NC(Cc2ccccc2)C(=O)N1)C(=O)NCC(N)=O. The third kappa shape index (κ3) is 14.8. The smallest absolute Gasteiger partial charge is 0.245 e. The number of carbonyl (C=O) groups excluding carboxylic acids is 7. The van der Waals surface area contributed by atoms with Crippen molar-refractivity contribution in [3.05, 3.63) is 65.7 Å². The number of ether oxygens (including phenoxy) is 2. The molecular formula is C38H52N8O14S2. The Morgan fingerprint density at radius 2 is 1.58 bits per heavy atom. The summed E-state index contributed by atoms with van der Waals surface area (Å²) < 4.78 is 11.1. The maximum atomic E-state index is 14.1. The zero-order valence-electron chi connectivity index (χ0n) is 33.4. The normalized spacial score (nSPS) is 26.5. The molecular weight excluding hydrogens is 857 g/mol. The van der Waals surface area contributed by atoms with Gasteiger partial charge in [-0.25, -0.2) is 0 Å². The Morgan fingerprint density at radius 1 is 0.903 bits per heavy atom. The highest BCUT2D eigenvalue weighted by Crippen LogP contribution is 2.25. The van der Waals surface area contributed by atoms with Crippen molar-refractivity contribution in [3.63, 3.8) is 0 Å². The first-order valence-corrected chi connectivity index (χ1v) is 21.8. The standard InChI is InChI=1S/C38H52N8O14S2/c1-18(59-38-32(53)31(52)30(51)26(15-47)60-38)29(37(58)41-13-27(40)49)46-36(57)25-17-62-61-16-24(44-33(54)22(39)11-20-7-9-21(48)10-8-20)34(55)42-14-28(50)43-23(35(56)45-25)12-19-5-3-2-4-6-19/h2-10,18,22-26,29-32,38,47-48,51-53H,11-17,39H2,1H3,(H2,40,49)(H,41,58)(H,42,55)(H,43,50)(H,44,54)(H,45,56)(H,46,57)/t18-,22-,23?,24+,25?,26+,29+,30+,31-,32+,38+/m0/s1. The van der Waals surface area contributed by atoms with Crippen LogP contribution in [0.25, 0.3) is 0 Å². The Morgan fingerprint density at radius 3 is 2.24 bits per heavy atom. The van der Waals surface area contributed by atoms with Crippen LogP contribution in [-0.4, -0.2) is 165 Å². The molecule has 340 valence electrons. The number of amides is 7. The maximum Gasteiger partial charge on any atom is 0.245 e. The molecule has 2 heterocycles. The van der Waals surface area contributed by atoms with E-state index in [0.29, 0.717) is 11.1 Å². The van der Waals surface area contributed by atoms with Crippen molar-refractivity contribution in [2.45, 2.75) is 86.8 Å². The van der Waals surface area contributed by atoms with Gasteiger partial charge in [0.25, 0.3) is 0 Å². The van der Waals surface area contributed by atoms with E-state index in [-0.39, 0.29) is 30.1 Å². The van der Waals surface area contributed by atoms with Crippen LogP contribution in [0, 0.1) is 0 Å². The first-order chi connectivity index (χ1) is 29.5. The number of aliphatic hydroxyl groups excluding tert-OH is 4. The number of phenols is 1. The monoisotopic (exact) mass is 908 g/mol. The highest BCUT2D eigenvalue weighted by molar-refractivity contribution is 8.76. The van der Waals surface area contributed by atoms with Gasteiger partial charge in [0.1, 0.15) is 54.3 Å². The molecule has 24 heteroatoms. The number of primary amides is 1. The summed E-state index contributed by atoms with van der Waals surface area (Å²) in [7, 11) is 2.03. The lowest BCUT2D eigenvalue weighted by atomic mass is 9.99. The lowest BCUT2D eigenvalue weighted by Crippen LogP contribution is -2.63.